The van der Waals surface area contributed by atoms with E-state index in [0.717, 1.165) is 29.0 Å². The summed E-state index contributed by atoms with van der Waals surface area (Å²) in [6.45, 7) is 2.79. The monoisotopic (exact) mass is 319 g/mol. The van der Waals surface area contributed by atoms with Gasteiger partial charge in [-0.3, -0.25) is 0 Å². The summed E-state index contributed by atoms with van der Waals surface area (Å²) in [4.78, 5) is 4.44. The Morgan fingerprint density at radius 2 is 1.95 bits per heavy atom. The van der Waals surface area contributed by atoms with Crippen molar-refractivity contribution in [3.8, 4) is 0 Å². The molecule has 100 valence electrons. The van der Waals surface area contributed by atoms with E-state index in [0.29, 0.717) is 0 Å². The topological polar surface area (TPSA) is 50.9 Å². The average molecular weight is 320 g/mol. The molecular weight excluding hydrogens is 302 g/mol. The van der Waals surface area contributed by atoms with Gasteiger partial charge in [-0.05, 0) is 47.0 Å². The molecule has 0 radical (unpaired) electrons. The maximum absolute atomic E-state index is 6.15. The van der Waals surface area contributed by atoms with Crippen LogP contribution < -0.4 is 11.1 Å². The Morgan fingerprint density at radius 1 is 1.21 bits per heavy atom. The first-order chi connectivity index (χ1) is 9.16. The highest BCUT2D eigenvalue weighted by atomic mass is 79.9. The van der Waals surface area contributed by atoms with E-state index in [2.05, 4.69) is 38.4 Å². The van der Waals surface area contributed by atoms with Gasteiger partial charge in [0.15, 0.2) is 0 Å². The van der Waals surface area contributed by atoms with Crippen molar-refractivity contribution >= 4 is 21.7 Å². The van der Waals surface area contributed by atoms with Gasteiger partial charge in [0.05, 0.1) is 5.69 Å². The van der Waals surface area contributed by atoms with Crippen LogP contribution in [0.4, 0.5) is 5.82 Å². The molecule has 0 spiro atoms. The normalized spacial score (nSPS) is 12.2. The third-order valence-corrected chi connectivity index (χ3v) is 3.85. The first-order valence-corrected chi connectivity index (χ1v) is 7.13. The number of anilines is 1. The lowest BCUT2D eigenvalue weighted by molar-refractivity contribution is 0.674. The number of hydrogen-bond acceptors (Lipinski definition) is 3. The third-order valence-electron chi connectivity index (χ3n) is 3.01. The highest BCUT2D eigenvalue weighted by Gasteiger charge is 2.05. The van der Waals surface area contributed by atoms with E-state index in [1.54, 1.807) is 0 Å². The van der Waals surface area contributed by atoms with Gasteiger partial charge in [0.2, 0.25) is 0 Å². The zero-order valence-electron chi connectivity index (χ0n) is 10.9. The molecule has 2 rings (SSSR count). The van der Waals surface area contributed by atoms with Crippen LogP contribution in [0.2, 0.25) is 0 Å². The van der Waals surface area contributed by atoms with Crippen molar-refractivity contribution in [2.24, 2.45) is 5.73 Å². The first kappa shape index (κ1) is 14.0. The molecule has 1 aromatic carbocycles. The molecule has 1 unspecified atom stereocenters. The third kappa shape index (κ3) is 4.04. The fourth-order valence-electron chi connectivity index (χ4n) is 1.87. The summed E-state index contributed by atoms with van der Waals surface area (Å²) in [5.41, 5.74) is 8.30. The van der Waals surface area contributed by atoms with Crippen LogP contribution in [-0.4, -0.2) is 11.5 Å². The van der Waals surface area contributed by atoms with E-state index in [1.165, 1.54) is 5.56 Å². The van der Waals surface area contributed by atoms with Gasteiger partial charge in [0, 0.05) is 17.1 Å². The SMILES string of the molecule is Cc1nc(NCCC(N)c2ccccc2)ccc1Br. The highest BCUT2D eigenvalue weighted by molar-refractivity contribution is 9.10. The first-order valence-electron chi connectivity index (χ1n) is 6.34. The van der Waals surface area contributed by atoms with Crippen molar-refractivity contribution in [3.63, 3.8) is 0 Å². The van der Waals surface area contributed by atoms with Gasteiger partial charge in [-0.2, -0.15) is 0 Å². The second-order valence-corrected chi connectivity index (χ2v) is 5.35. The summed E-state index contributed by atoms with van der Waals surface area (Å²) in [5, 5.41) is 3.30. The van der Waals surface area contributed by atoms with Gasteiger partial charge in [-0.25, -0.2) is 4.98 Å². The minimum atomic E-state index is 0.0604. The fourth-order valence-corrected chi connectivity index (χ4v) is 2.09. The predicted octanol–water partition coefficient (Wildman–Crippen LogP) is 3.65. The summed E-state index contributed by atoms with van der Waals surface area (Å²) in [6.07, 6.45) is 0.876. The van der Waals surface area contributed by atoms with E-state index in [1.807, 2.05) is 37.3 Å². The Hall–Kier alpha value is -1.39. The molecule has 0 bridgehead atoms. The molecule has 1 heterocycles. The molecular formula is C15H18BrN3. The number of aromatic nitrogens is 1. The Kier molecular flexibility index (Phi) is 4.93. The van der Waals surface area contributed by atoms with E-state index in [-0.39, 0.29) is 6.04 Å². The molecule has 0 saturated carbocycles. The zero-order valence-corrected chi connectivity index (χ0v) is 12.5. The van der Waals surface area contributed by atoms with Gasteiger partial charge in [-0.1, -0.05) is 30.3 Å². The number of benzene rings is 1. The van der Waals surface area contributed by atoms with Crippen molar-refractivity contribution in [2.45, 2.75) is 19.4 Å². The predicted molar refractivity (Wildman–Crippen MR) is 83.2 cm³/mol. The summed E-state index contributed by atoms with van der Waals surface area (Å²) >= 11 is 3.44. The smallest absolute Gasteiger partial charge is 0.126 e. The Morgan fingerprint density at radius 3 is 2.63 bits per heavy atom. The molecule has 0 aliphatic carbocycles. The second kappa shape index (κ2) is 6.68. The molecule has 19 heavy (non-hydrogen) atoms. The number of rotatable bonds is 5. The van der Waals surface area contributed by atoms with Crippen molar-refractivity contribution in [1.82, 2.24) is 4.98 Å². The van der Waals surface area contributed by atoms with Crippen LogP contribution in [0, 0.1) is 6.92 Å². The molecule has 2 aromatic rings. The molecule has 4 heteroatoms. The average Bonchev–Trinajstić information content (AvgIpc) is 2.43. The number of hydrogen-bond donors (Lipinski definition) is 2. The molecule has 1 aromatic heterocycles. The number of pyridine rings is 1. The summed E-state index contributed by atoms with van der Waals surface area (Å²) < 4.78 is 1.03. The molecule has 3 N–H and O–H groups in total. The lowest BCUT2D eigenvalue weighted by atomic mass is 10.1. The minimum Gasteiger partial charge on any atom is -0.370 e. The minimum absolute atomic E-state index is 0.0604. The van der Waals surface area contributed by atoms with Crippen molar-refractivity contribution < 1.29 is 0 Å². The quantitative estimate of drug-likeness (QED) is 0.884. The Balaban J connectivity index is 1.85. The van der Waals surface area contributed by atoms with Gasteiger partial charge in [0.1, 0.15) is 5.82 Å². The second-order valence-electron chi connectivity index (χ2n) is 4.50. The molecule has 3 nitrogen and oxygen atoms in total. The summed E-state index contributed by atoms with van der Waals surface area (Å²) in [5.74, 6) is 0.890. The van der Waals surface area contributed by atoms with E-state index in [9.17, 15) is 0 Å². The largest absolute Gasteiger partial charge is 0.370 e. The van der Waals surface area contributed by atoms with Crippen LogP contribution in [0.15, 0.2) is 46.9 Å². The van der Waals surface area contributed by atoms with Crippen LogP contribution in [0.1, 0.15) is 23.7 Å². The molecule has 0 aliphatic heterocycles. The number of halogens is 1. The van der Waals surface area contributed by atoms with Crippen molar-refractivity contribution in [1.29, 1.82) is 0 Å². The van der Waals surface area contributed by atoms with Gasteiger partial charge < -0.3 is 11.1 Å². The zero-order chi connectivity index (χ0) is 13.7. The van der Waals surface area contributed by atoms with Crippen LogP contribution in [0.25, 0.3) is 0 Å². The molecule has 1 atom stereocenters. The summed E-state index contributed by atoms with van der Waals surface area (Å²) in [7, 11) is 0. The molecule has 0 fully saturated rings. The molecule has 0 amide bonds. The Bertz CT molecular complexity index is 528. The number of nitrogens with one attached hydrogen (secondary N) is 1. The van der Waals surface area contributed by atoms with Crippen LogP contribution >= 0.6 is 15.9 Å². The summed E-state index contributed by atoms with van der Waals surface area (Å²) in [6, 6.07) is 14.2. The van der Waals surface area contributed by atoms with E-state index < -0.39 is 0 Å². The van der Waals surface area contributed by atoms with Crippen molar-refractivity contribution in [3.05, 3.63) is 58.2 Å². The van der Waals surface area contributed by atoms with Crippen molar-refractivity contribution in [2.75, 3.05) is 11.9 Å². The van der Waals surface area contributed by atoms with Gasteiger partial charge >= 0.3 is 0 Å². The van der Waals surface area contributed by atoms with Crippen LogP contribution in [0.5, 0.6) is 0 Å². The molecule has 0 aliphatic rings. The lowest BCUT2D eigenvalue weighted by Crippen LogP contribution is -2.15. The molecule has 0 saturated heterocycles. The maximum atomic E-state index is 6.15. The number of aryl methyl sites for hydroxylation is 1. The van der Waals surface area contributed by atoms with E-state index in [4.69, 9.17) is 5.73 Å². The number of nitrogens with zero attached hydrogens (tertiary/aromatic N) is 1. The van der Waals surface area contributed by atoms with E-state index >= 15 is 0 Å². The lowest BCUT2D eigenvalue weighted by Gasteiger charge is -2.13. The maximum Gasteiger partial charge on any atom is 0.126 e. The fraction of sp³-hybridized carbons (Fsp3) is 0.267. The van der Waals surface area contributed by atoms with Crippen LogP contribution in [-0.2, 0) is 0 Å². The van der Waals surface area contributed by atoms with Gasteiger partial charge in [-0.15, -0.1) is 0 Å². The van der Waals surface area contributed by atoms with Crippen LogP contribution in [0.3, 0.4) is 0 Å². The Labute approximate surface area is 122 Å². The number of nitrogens with two attached hydrogens (primary N) is 1. The highest BCUT2D eigenvalue weighted by Crippen LogP contribution is 2.17. The standard InChI is InChI=1S/C15H18BrN3/c1-11-13(16)7-8-15(19-11)18-10-9-14(17)12-5-3-2-4-6-12/h2-8,14H,9-10,17H2,1H3,(H,18,19). The van der Waals surface area contributed by atoms with Gasteiger partial charge in [0.25, 0.3) is 0 Å².